The Kier molecular flexibility index (Phi) is 8.29. The standard InChI is InChI=1S/C25H37N3O4/c1-5-31-23(29)14-12-19-11-13-22(26-17-19)28(24(30)32-25(2,3)4)21-15-16-27(18-21)20-9-7-6-8-10-20/h11-14,17,20-21H,5-10,15-16,18H2,1-4H3/b14-12+/t21-/m1/s1. The van der Waals surface area contributed by atoms with Gasteiger partial charge in [0.25, 0.3) is 0 Å². The molecule has 0 bridgehead atoms. The second-order valence-corrected chi connectivity index (χ2v) is 9.61. The summed E-state index contributed by atoms with van der Waals surface area (Å²) in [5.41, 5.74) is 0.181. The number of pyridine rings is 1. The molecule has 1 aromatic heterocycles. The van der Waals surface area contributed by atoms with Crippen molar-refractivity contribution in [3.8, 4) is 0 Å². The summed E-state index contributed by atoms with van der Waals surface area (Å²) in [6.07, 6.45) is 11.7. The molecule has 1 atom stereocenters. The molecular weight excluding hydrogens is 406 g/mol. The third-order valence-corrected chi connectivity index (χ3v) is 5.96. The van der Waals surface area contributed by atoms with E-state index in [0.717, 1.165) is 25.1 Å². The molecule has 3 rings (SSSR count). The minimum atomic E-state index is -0.584. The van der Waals surface area contributed by atoms with Gasteiger partial charge in [-0.3, -0.25) is 9.80 Å². The summed E-state index contributed by atoms with van der Waals surface area (Å²) in [5.74, 6) is 0.184. The Morgan fingerprint density at radius 3 is 2.56 bits per heavy atom. The third kappa shape index (κ3) is 6.79. The predicted molar refractivity (Wildman–Crippen MR) is 125 cm³/mol. The van der Waals surface area contributed by atoms with Crippen molar-refractivity contribution in [2.75, 3.05) is 24.6 Å². The Morgan fingerprint density at radius 2 is 1.94 bits per heavy atom. The Balaban J connectivity index is 1.76. The number of rotatable bonds is 6. The lowest BCUT2D eigenvalue weighted by Gasteiger charge is -2.33. The van der Waals surface area contributed by atoms with E-state index < -0.39 is 5.60 Å². The number of esters is 1. The van der Waals surface area contributed by atoms with Crippen molar-refractivity contribution in [2.24, 2.45) is 0 Å². The van der Waals surface area contributed by atoms with Gasteiger partial charge in [0.2, 0.25) is 0 Å². The fraction of sp³-hybridized carbons (Fsp3) is 0.640. The Bertz CT molecular complexity index is 794. The molecule has 7 nitrogen and oxygen atoms in total. The number of nitrogens with zero attached hydrogens (tertiary/aromatic N) is 3. The molecule has 1 aliphatic heterocycles. The normalized spacial score (nSPS) is 20.4. The Morgan fingerprint density at radius 1 is 1.19 bits per heavy atom. The van der Waals surface area contributed by atoms with Gasteiger partial charge in [-0.1, -0.05) is 19.3 Å². The summed E-state index contributed by atoms with van der Waals surface area (Å²) in [6.45, 7) is 9.58. The molecule has 176 valence electrons. The molecule has 1 saturated carbocycles. The fourth-order valence-corrected chi connectivity index (χ4v) is 4.49. The monoisotopic (exact) mass is 443 g/mol. The van der Waals surface area contributed by atoms with Crippen LogP contribution in [0.2, 0.25) is 0 Å². The molecule has 2 aliphatic rings. The second kappa shape index (κ2) is 10.9. The molecule has 2 fully saturated rings. The minimum Gasteiger partial charge on any atom is -0.463 e. The first-order valence-electron chi connectivity index (χ1n) is 11.8. The molecule has 0 spiro atoms. The molecule has 0 N–H and O–H groups in total. The first-order chi connectivity index (χ1) is 15.3. The van der Waals surface area contributed by atoms with Crippen molar-refractivity contribution in [1.82, 2.24) is 9.88 Å². The van der Waals surface area contributed by atoms with E-state index in [1.165, 1.54) is 38.2 Å². The first-order valence-corrected chi connectivity index (χ1v) is 11.8. The number of hydrogen-bond acceptors (Lipinski definition) is 6. The van der Waals surface area contributed by atoms with Crippen LogP contribution in [0, 0.1) is 0 Å². The molecule has 7 heteroatoms. The lowest BCUT2D eigenvalue weighted by Crippen LogP contribution is -2.46. The number of anilines is 1. The Labute approximate surface area is 191 Å². The largest absolute Gasteiger partial charge is 0.463 e. The van der Waals surface area contributed by atoms with Crippen molar-refractivity contribution in [1.29, 1.82) is 0 Å². The van der Waals surface area contributed by atoms with E-state index in [1.54, 1.807) is 24.1 Å². The zero-order chi connectivity index (χ0) is 23.1. The zero-order valence-corrected chi connectivity index (χ0v) is 19.9. The van der Waals surface area contributed by atoms with Crippen molar-refractivity contribution in [3.63, 3.8) is 0 Å². The first kappa shape index (κ1) is 24.2. The molecule has 2 heterocycles. The van der Waals surface area contributed by atoms with Gasteiger partial charge >= 0.3 is 12.1 Å². The topological polar surface area (TPSA) is 72.0 Å². The van der Waals surface area contributed by atoms with Crippen LogP contribution in [0.15, 0.2) is 24.4 Å². The summed E-state index contributed by atoms with van der Waals surface area (Å²) in [7, 11) is 0. The molecule has 1 saturated heterocycles. The summed E-state index contributed by atoms with van der Waals surface area (Å²) in [4.78, 5) is 33.5. The highest BCUT2D eigenvalue weighted by atomic mass is 16.6. The maximum atomic E-state index is 13.2. The summed E-state index contributed by atoms with van der Waals surface area (Å²) < 4.78 is 10.6. The van der Waals surface area contributed by atoms with Gasteiger partial charge in [0.1, 0.15) is 11.4 Å². The predicted octanol–water partition coefficient (Wildman–Crippen LogP) is 4.81. The van der Waals surface area contributed by atoms with Crippen LogP contribution < -0.4 is 4.90 Å². The highest BCUT2D eigenvalue weighted by molar-refractivity contribution is 5.88. The van der Waals surface area contributed by atoms with E-state index in [-0.39, 0.29) is 18.1 Å². The fourth-order valence-electron chi connectivity index (χ4n) is 4.49. The van der Waals surface area contributed by atoms with Gasteiger partial charge in [-0.2, -0.15) is 0 Å². The number of ether oxygens (including phenoxy) is 2. The van der Waals surface area contributed by atoms with Crippen LogP contribution in [0.4, 0.5) is 10.6 Å². The number of amides is 1. The molecule has 1 aromatic rings. The van der Waals surface area contributed by atoms with Gasteiger partial charge in [0.05, 0.1) is 12.6 Å². The van der Waals surface area contributed by atoms with Crippen LogP contribution in [0.3, 0.4) is 0 Å². The van der Waals surface area contributed by atoms with Gasteiger partial charge < -0.3 is 9.47 Å². The van der Waals surface area contributed by atoms with E-state index in [0.29, 0.717) is 18.5 Å². The number of carbonyl (C=O) groups excluding carboxylic acids is 2. The van der Waals surface area contributed by atoms with E-state index in [1.807, 2.05) is 32.9 Å². The van der Waals surface area contributed by atoms with Gasteiger partial charge in [-0.05, 0) is 70.7 Å². The smallest absolute Gasteiger partial charge is 0.416 e. The van der Waals surface area contributed by atoms with Crippen LogP contribution in [0.25, 0.3) is 6.08 Å². The number of carbonyl (C=O) groups is 2. The highest BCUT2D eigenvalue weighted by Crippen LogP contribution is 2.30. The summed E-state index contributed by atoms with van der Waals surface area (Å²) in [5, 5.41) is 0. The van der Waals surface area contributed by atoms with Gasteiger partial charge in [-0.15, -0.1) is 0 Å². The van der Waals surface area contributed by atoms with Crippen LogP contribution in [0.1, 0.15) is 71.8 Å². The minimum absolute atomic E-state index is 0.0280. The van der Waals surface area contributed by atoms with Gasteiger partial charge in [-0.25, -0.2) is 14.6 Å². The van der Waals surface area contributed by atoms with Crippen LogP contribution in [-0.2, 0) is 14.3 Å². The maximum absolute atomic E-state index is 13.2. The van der Waals surface area contributed by atoms with Crippen LogP contribution >= 0.6 is 0 Å². The maximum Gasteiger partial charge on any atom is 0.416 e. The van der Waals surface area contributed by atoms with Crippen molar-refractivity contribution >= 4 is 24.0 Å². The van der Waals surface area contributed by atoms with E-state index in [4.69, 9.17) is 9.47 Å². The number of hydrogen-bond donors (Lipinski definition) is 0. The lowest BCUT2D eigenvalue weighted by atomic mass is 9.94. The summed E-state index contributed by atoms with van der Waals surface area (Å²) >= 11 is 0. The second-order valence-electron chi connectivity index (χ2n) is 9.61. The SMILES string of the molecule is CCOC(=O)/C=C/c1ccc(N(C(=O)OC(C)(C)C)[C@@H]2CCN(C3CCCCC3)C2)nc1. The molecule has 1 aliphatic carbocycles. The average molecular weight is 444 g/mol. The quantitative estimate of drug-likeness (QED) is 0.464. The highest BCUT2D eigenvalue weighted by Gasteiger charge is 2.37. The molecular formula is C25H37N3O4. The van der Waals surface area contributed by atoms with Crippen molar-refractivity contribution < 1.29 is 19.1 Å². The van der Waals surface area contributed by atoms with Gasteiger partial charge in [0.15, 0.2) is 0 Å². The lowest BCUT2D eigenvalue weighted by molar-refractivity contribution is -0.137. The van der Waals surface area contributed by atoms with E-state index in [2.05, 4.69) is 9.88 Å². The Hall–Kier alpha value is -2.41. The van der Waals surface area contributed by atoms with Crippen molar-refractivity contribution in [3.05, 3.63) is 30.0 Å². The number of aromatic nitrogens is 1. The van der Waals surface area contributed by atoms with E-state index >= 15 is 0 Å². The molecule has 0 radical (unpaired) electrons. The van der Waals surface area contributed by atoms with E-state index in [9.17, 15) is 9.59 Å². The average Bonchev–Trinajstić information content (AvgIpc) is 3.22. The third-order valence-electron chi connectivity index (χ3n) is 5.96. The molecule has 0 unspecified atom stereocenters. The zero-order valence-electron chi connectivity index (χ0n) is 19.9. The summed E-state index contributed by atoms with van der Waals surface area (Å²) in [6, 6.07) is 4.32. The molecule has 0 aromatic carbocycles. The number of likely N-dealkylation sites (tertiary alicyclic amines) is 1. The molecule has 32 heavy (non-hydrogen) atoms. The van der Waals surface area contributed by atoms with Crippen LogP contribution in [-0.4, -0.2) is 59.3 Å². The van der Waals surface area contributed by atoms with Crippen molar-refractivity contribution in [2.45, 2.75) is 83.9 Å². The van der Waals surface area contributed by atoms with Crippen LogP contribution in [0.5, 0.6) is 0 Å². The molecule has 1 amide bonds. The van der Waals surface area contributed by atoms with Gasteiger partial charge in [0, 0.05) is 31.4 Å².